The van der Waals surface area contributed by atoms with Gasteiger partial charge in [-0.3, -0.25) is 9.67 Å². The maximum absolute atomic E-state index is 12.2. The van der Waals surface area contributed by atoms with Crippen LogP contribution in [-0.2, 0) is 6.54 Å². The molecule has 1 aromatic heterocycles. The summed E-state index contributed by atoms with van der Waals surface area (Å²) in [5.41, 5.74) is 5.58. The fourth-order valence-corrected chi connectivity index (χ4v) is 1.33. The van der Waals surface area contributed by atoms with Gasteiger partial charge in [-0.25, -0.2) is 8.78 Å². The molecule has 0 radical (unpaired) electrons. The van der Waals surface area contributed by atoms with Gasteiger partial charge in [0.1, 0.15) is 0 Å². The molecule has 86 valence electrons. The standard InChI is InChI=1S/C7H12F2N4OS/c1-3(14)5(10)6-11-12-7(15)13(6)2-4(8)9/h3-5,14H,2,10H2,1H3,(H,12,15)/t3-,5-/m0/s1. The predicted molar refractivity (Wildman–Crippen MR) is 52.0 cm³/mol. The summed E-state index contributed by atoms with van der Waals surface area (Å²) in [7, 11) is 0. The molecule has 0 bridgehead atoms. The molecule has 0 spiro atoms. The Hall–Kier alpha value is -0.860. The highest BCUT2D eigenvalue weighted by molar-refractivity contribution is 7.71. The third-order valence-corrected chi connectivity index (χ3v) is 2.24. The normalized spacial score (nSPS) is 15.6. The number of aromatic amines is 1. The van der Waals surface area contributed by atoms with Crippen LogP contribution in [0.25, 0.3) is 0 Å². The van der Waals surface area contributed by atoms with Gasteiger partial charge in [0.2, 0.25) is 0 Å². The van der Waals surface area contributed by atoms with Gasteiger partial charge in [0.15, 0.2) is 10.6 Å². The molecule has 4 N–H and O–H groups in total. The lowest BCUT2D eigenvalue weighted by Gasteiger charge is -2.14. The summed E-state index contributed by atoms with van der Waals surface area (Å²) in [6.07, 6.45) is -3.43. The van der Waals surface area contributed by atoms with Crippen molar-refractivity contribution in [2.45, 2.75) is 32.0 Å². The predicted octanol–water partition coefficient (Wildman–Crippen LogP) is 0.586. The van der Waals surface area contributed by atoms with Crippen LogP contribution in [0.1, 0.15) is 18.8 Å². The average molecular weight is 238 g/mol. The van der Waals surface area contributed by atoms with Gasteiger partial charge in [0.25, 0.3) is 6.43 Å². The van der Waals surface area contributed by atoms with Crippen LogP contribution < -0.4 is 5.73 Å². The van der Waals surface area contributed by atoms with Crippen LogP contribution in [0.3, 0.4) is 0 Å². The Balaban J connectivity index is 3.03. The summed E-state index contributed by atoms with van der Waals surface area (Å²) in [6, 6.07) is -0.836. The molecular weight excluding hydrogens is 226 g/mol. The van der Waals surface area contributed by atoms with Crippen LogP contribution in [0.2, 0.25) is 0 Å². The summed E-state index contributed by atoms with van der Waals surface area (Å²) in [5, 5.41) is 15.3. The highest BCUT2D eigenvalue weighted by Crippen LogP contribution is 2.13. The molecule has 0 aliphatic heterocycles. The van der Waals surface area contributed by atoms with Gasteiger partial charge in [0.05, 0.1) is 18.7 Å². The second kappa shape index (κ2) is 4.77. The zero-order chi connectivity index (χ0) is 11.6. The summed E-state index contributed by atoms with van der Waals surface area (Å²) in [5.74, 6) is 0.135. The lowest BCUT2D eigenvalue weighted by Crippen LogP contribution is -2.27. The molecule has 0 saturated carbocycles. The number of aliphatic hydroxyl groups is 1. The molecule has 0 fully saturated rings. The number of nitrogens with two attached hydrogens (primary N) is 1. The van der Waals surface area contributed by atoms with E-state index < -0.39 is 25.1 Å². The number of aliphatic hydroxyl groups excluding tert-OH is 1. The van der Waals surface area contributed by atoms with Gasteiger partial charge in [0, 0.05) is 0 Å². The Kier molecular flexibility index (Phi) is 3.89. The minimum atomic E-state index is -2.55. The quantitative estimate of drug-likeness (QED) is 0.671. The number of alkyl halides is 2. The van der Waals surface area contributed by atoms with E-state index in [9.17, 15) is 13.9 Å². The van der Waals surface area contributed by atoms with E-state index in [-0.39, 0.29) is 10.6 Å². The fraction of sp³-hybridized carbons (Fsp3) is 0.714. The third kappa shape index (κ3) is 2.80. The number of rotatable bonds is 4. The van der Waals surface area contributed by atoms with E-state index in [0.29, 0.717) is 0 Å². The molecule has 0 aliphatic carbocycles. The molecule has 0 saturated heterocycles. The molecule has 0 aliphatic rings. The Morgan fingerprint density at radius 2 is 2.27 bits per heavy atom. The molecule has 0 aromatic carbocycles. The Morgan fingerprint density at radius 1 is 1.67 bits per heavy atom. The SMILES string of the molecule is C[C@H](O)[C@H](N)c1n[nH]c(=S)n1CC(F)F. The maximum Gasteiger partial charge on any atom is 0.256 e. The monoisotopic (exact) mass is 238 g/mol. The van der Waals surface area contributed by atoms with E-state index in [4.69, 9.17) is 18.0 Å². The molecule has 1 aromatic rings. The van der Waals surface area contributed by atoms with Crippen molar-refractivity contribution in [3.05, 3.63) is 10.6 Å². The molecule has 2 atom stereocenters. The molecule has 0 amide bonds. The van der Waals surface area contributed by atoms with Crippen LogP contribution in [0.4, 0.5) is 8.78 Å². The maximum atomic E-state index is 12.2. The van der Waals surface area contributed by atoms with E-state index in [1.54, 1.807) is 0 Å². The Labute approximate surface area is 89.9 Å². The van der Waals surface area contributed by atoms with Crippen molar-refractivity contribution in [3.63, 3.8) is 0 Å². The highest BCUT2D eigenvalue weighted by Gasteiger charge is 2.20. The van der Waals surface area contributed by atoms with Gasteiger partial charge in [-0.1, -0.05) is 0 Å². The molecule has 8 heteroatoms. The minimum absolute atomic E-state index is 0.0707. The molecule has 5 nitrogen and oxygen atoms in total. The highest BCUT2D eigenvalue weighted by atomic mass is 32.1. The first-order valence-electron chi connectivity index (χ1n) is 4.30. The summed E-state index contributed by atoms with van der Waals surface area (Å²) in [6.45, 7) is 0.875. The summed E-state index contributed by atoms with van der Waals surface area (Å²) in [4.78, 5) is 0. The largest absolute Gasteiger partial charge is 0.391 e. The van der Waals surface area contributed by atoms with Gasteiger partial charge in [-0.2, -0.15) is 5.10 Å². The lowest BCUT2D eigenvalue weighted by atomic mass is 10.2. The first-order chi connectivity index (χ1) is 6.93. The van der Waals surface area contributed by atoms with Crippen LogP contribution in [0.15, 0.2) is 0 Å². The number of aromatic nitrogens is 3. The minimum Gasteiger partial charge on any atom is -0.391 e. The van der Waals surface area contributed by atoms with Crippen molar-refractivity contribution in [1.82, 2.24) is 14.8 Å². The first kappa shape index (κ1) is 12.2. The van der Waals surface area contributed by atoms with Crippen molar-refractivity contribution < 1.29 is 13.9 Å². The van der Waals surface area contributed by atoms with E-state index in [1.165, 1.54) is 6.92 Å². The van der Waals surface area contributed by atoms with Gasteiger partial charge in [-0.05, 0) is 19.1 Å². The Morgan fingerprint density at radius 3 is 2.73 bits per heavy atom. The number of halogens is 2. The second-order valence-electron chi connectivity index (χ2n) is 3.16. The second-order valence-corrected chi connectivity index (χ2v) is 3.54. The zero-order valence-corrected chi connectivity index (χ0v) is 8.84. The van der Waals surface area contributed by atoms with E-state index in [1.807, 2.05) is 0 Å². The number of hydrogen-bond acceptors (Lipinski definition) is 4. The smallest absolute Gasteiger partial charge is 0.256 e. The first-order valence-corrected chi connectivity index (χ1v) is 4.71. The number of H-pyrrole nitrogens is 1. The number of nitrogens with one attached hydrogen (secondary N) is 1. The van der Waals surface area contributed by atoms with Crippen LogP contribution in [0, 0.1) is 4.77 Å². The zero-order valence-electron chi connectivity index (χ0n) is 8.02. The summed E-state index contributed by atoms with van der Waals surface area (Å²) < 4.78 is 25.6. The summed E-state index contributed by atoms with van der Waals surface area (Å²) >= 11 is 4.77. The van der Waals surface area contributed by atoms with Crippen molar-refractivity contribution >= 4 is 12.2 Å². The molecule has 15 heavy (non-hydrogen) atoms. The molecule has 1 rings (SSSR count). The van der Waals surface area contributed by atoms with Gasteiger partial charge >= 0.3 is 0 Å². The third-order valence-electron chi connectivity index (χ3n) is 1.93. The van der Waals surface area contributed by atoms with E-state index >= 15 is 0 Å². The molecule has 0 unspecified atom stereocenters. The number of nitrogens with zero attached hydrogens (tertiary/aromatic N) is 2. The molecule has 1 heterocycles. The number of hydrogen-bond donors (Lipinski definition) is 3. The van der Waals surface area contributed by atoms with E-state index in [0.717, 1.165) is 4.57 Å². The average Bonchev–Trinajstić information content (AvgIpc) is 2.46. The Bertz CT molecular complexity index is 375. The van der Waals surface area contributed by atoms with Crippen molar-refractivity contribution in [2.75, 3.05) is 0 Å². The van der Waals surface area contributed by atoms with E-state index in [2.05, 4.69) is 10.2 Å². The van der Waals surface area contributed by atoms with Crippen LogP contribution in [-0.4, -0.2) is 32.4 Å². The van der Waals surface area contributed by atoms with Crippen molar-refractivity contribution in [2.24, 2.45) is 5.73 Å². The lowest BCUT2D eigenvalue weighted by molar-refractivity contribution is 0.119. The van der Waals surface area contributed by atoms with Crippen molar-refractivity contribution in [3.8, 4) is 0 Å². The van der Waals surface area contributed by atoms with Gasteiger partial charge < -0.3 is 10.8 Å². The fourth-order valence-electron chi connectivity index (χ4n) is 1.11. The van der Waals surface area contributed by atoms with Crippen LogP contribution >= 0.6 is 12.2 Å². The van der Waals surface area contributed by atoms with Crippen LogP contribution in [0.5, 0.6) is 0 Å². The topological polar surface area (TPSA) is 79.9 Å². The molecular formula is C7H12F2N4OS. The van der Waals surface area contributed by atoms with Crippen molar-refractivity contribution in [1.29, 1.82) is 0 Å². The van der Waals surface area contributed by atoms with Gasteiger partial charge in [-0.15, -0.1) is 0 Å².